The van der Waals surface area contributed by atoms with Crippen LogP contribution >= 0.6 is 11.8 Å². The van der Waals surface area contributed by atoms with E-state index in [9.17, 15) is 15.2 Å². The summed E-state index contributed by atoms with van der Waals surface area (Å²) in [6, 6.07) is 13.9. The molecule has 0 saturated heterocycles. The molecule has 1 heterocycles. The highest BCUT2D eigenvalue weighted by atomic mass is 32.2. The Labute approximate surface area is 124 Å². The van der Waals surface area contributed by atoms with Gasteiger partial charge in [0.25, 0.3) is 0 Å². The van der Waals surface area contributed by atoms with Crippen molar-refractivity contribution >= 4 is 28.4 Å². The van der Waals surface area contributed by atoms with Crippen LogP contribution < -0.4 is 0 Å². The number of benzene rings is 2. The van der Waals surface area contributed by atoms with Crippen LogP contribution in [0.5, 0.6) is 5.75 Å². The molecule has 0 radical (unpaired) electrons. The predicted octanol–water partition coefficient (Wildman–Crippen LogP) is 4.00. The lowest BCUT2D eigenvalue weighted by Crippen LogP contribution is -1.93. The Balaban J connectivity index is 2.18. The minimum Gasteiger partial charge on any atom is -0.508 e. The highest BCUT2D eigenvalue weighted by Crippen LogP contribution is 2.39. The molecule has 104 valence electrons. The number of nitrogens with zero attached hydrogens (tertiary/aromatic N) is 2. The first-order valence-electron chi connectivity index (χ1n) is 6.14. The van der Waals surface area contributed by atoms with Crippen LogP contribution in [-0.4, -0.2) is 15.0 Å². The second-order valence-electron chi connectivity index (χ2n) is 4.35. The number of fused-ring (bicyclic) bond motifs is 1. The number of phenols is 1. The fourth-order valence-corrected chi connectivity index (χ4v) is 3.08. The van der Waals surface area contributed by atoms with Gasteiger partial charge in [0.2, 0.25) is 0 Å². The molecule has 0 atom stereocenters. The first-order chi connectivity index (χ1) is 10.1. The molecule has 0 saturated carbocycles. The van der Waals surface area contributed by atoms with E-state index < -0.39 is 4.92 Å². The number of nitro groups is 1. The van der Waals surface area contributed by atoms with Gasteiger partial charge in [-0.05, 0) is 24.3 Å². The summed E-state index contributed by atoms with van der Waals surface area (Å²) < 4.78 is 0. The minimum absolute atomic E-state index is 0.0398. The van der Waals surface area contributed by atoms with E-state index in [2.05, 4.69) is 4.98 Å². The molecular weight excluding hydrogens is 288 g/mol. The molecule has 1 aromatic heterocycles. The molecule has 21 heavy (non-hydrogen) atoms. The fourth-order valence-electron chi connectivity index (χ4n) is 2.01. The fraction of sp³-hybridized carbons (Fsp3) is 0. The van der Waals surface area contributed by atoms with Crippen LogP contribution in [0.25, 0.3) is 10.9 Å². The zero-order valence-corrected chi connectivity index (χ0v) is 11.6. The van der Waals surface area contributed by atoms with E-state index in [1.807, 2.05) is 18.2 Å². The van der Waals surface area contributed by atoms with Crippen molar-refractivity contribution in [2.24, 2.45) is 0 Å². The molecule has 0 spiro atoms. The second-order valence-corrected chi connectivity index (χ2v) is 5.43. The maximum Gasteiger partial charge on any atom is 0.302 e. The standard InChI is InChI=1S/C15H10N2O3S/c18-10-4-3-5-11(8-10)21-15-12-6-1-2-7-13(12)16-9-14(15)17(19)20/h1-9,18H. The van der Waals surface area contributed by atoms with Crippen LogP contribution in [0.15, 0.2) is 64.5 Å². The van der Waals surface area contributed by atoms with Gasteiger partial charge in [0, 0.05) is 10.3 Å². The van der Waals surface area contributed by atoms with Crippen molar-refractivity contribution in [2.75, 3.05) is 0 Å². The van der Waals surface area contributed by atoms with Gasteiger partial charge < -0.3 is 5.11 Å². The van der Waals surface area contributed by atoms with Gasteiger partial charge in [-0.3, -0.25) is 10.1 Å². The van der Waals surface area contributed by atoms with E-state index in [1.54, 1.807) is 30.3 Å². The molecule has 3 rings (SSSR count). The summed E-state index contributed by atoms with van der Waals surface area (Å²) in [5.41, 5.74) is 0.660. The van der Waals surface area contributed by atoms with Gasteiger partial charge in [-0.1, -0.05) is 36.0 Å². The van der Waals surface area contributed by atoms with Crippen molar-refractivity contribution in [1.29, 1.82) is 0 Å². The van der Waals surface area contributed by atoms with Crippen molar-refractivity contribution in [3.05, 3.63) is 64.8 Å². The third-order valence-electron chi connectivity index (χ3n) is 2.94. The maximum absolute atomic E-state index is 11.2. The van der Waals surface area contributed by atoms with Crippen LogP contribution in [0.4, 0.5) is 5.69 Å². The largest absolute Gasteiger partial charge is 0.508 e. The molecule has 0 unspecified atom stereocenters. The molecule has 0 aliphatic rings. The highest BCUT2D eigenvalue weighted by Gasteiger charge is 2.19. The van der Waals surface area contributed by atoms with Gasteiger partial charge >= 0.3 is 5.69 Å². The second kappa shape index (κ2) is 5.41. The lowest BCUT2D eigenvalue weighted by Gasteiger charge is -2.07. The topological polar surface area (TPSA) is 76.3 Å². The van der Waals surface area contributed by atoms with Crippen molar-refractivity contribution in [3.63, 3.8) is 0 Å². The van der Waals surface area contributed by atoms with Crippen molar-refractivity contribution < 1.29 is 10.0 Å². The molecule has 0 aliphatic heterocycles. The van der Waals surface area contributed by atoms with Crippen LogP contribution in [-0.2, 0) is 0 Å². The Hall–Kier alpha value is -2.60. The predicted molar refractivity (Wildman–Crippen MR) is 80.6 cm³/mol. The molecule has 0 fully saturated rings. The van der Waals surface area contributed by atoms with E-state index in [1.165, 1.54) is 18.0 Å². The summed E-state index contributed by atoms with van der Waals surface area (Å²) in [5, 5.41) is 21.5. The van der Waals surface area contributed by atoms with Crippen LogP contribution in [0.3, 0.4) is 0 Å². The van der Waals surface area contributed by atoms with Crippen LogP contribution in [0.2, 0.25) is 0 Å². The minimum atomic E-state index is -0.440. The normalized spacial score (nSPS) is 10.7. The first-order valence-corrected chi connectivity index (χ1v) is 6.96. The lowest BCUT2D eigenvalue weighted by molar-refractivity contribution is -0.387. The summed E-state index contributed by atoms with van der Waals surface area (Å²) in [7, 11) is 0. The molecule has 0 amide bonds. The number of rotatable bonds is 3. The van der Waals surface area contributed by atoms with Crippen LogP contribution in [0, 0.1) is 10.1 Å². The first kappa shape index (κ1) is 13.4. The average Bonchev–Trinajstić information content (AvgIpc) is 2.47. The monoisotopic (exact) mass is 298 g/mol. The summed E-state index contributed by atoms with van der Waals surface area (Å²) in [5.74, 6) is 0.126. The quantitative estimate of drug-likeness (QED) is 0.584. The van der Waals surface area contributed by atoms with Crippen molar-refractivity contribution in [2.45, 2.75) is 9.79 Å². The Bertz CT molecular complexity index is 836. The Morgan fingerprint density at radius 2 is 1.95 bits per heavy atom. The van der Waals surface area contributed by atoms with Gasteiger partial charge in [-0.25, -0.2) is 4.98 Å². The summed E-state index contributed by atoms with van der Waals surface area (Å²) in [6.45, 7) is 0. The van der Waals surface area contributed by atoms with Gasteiger partial charge in [0.15, 0.2) is 0 Å². The molecule has 5 nitrogen and oxygen atoms in total. The van der Waals surface area contributed by atoms with Crippen LogP contribution in [0.1, 0.15) is 0 Å². The number of aromatic nitrogens is 1. The molecular formula is C15H10N2O3S. The van der Waals surface area contributed by atoms with Crippen molar-refractivity contribution in [1.82, 2.24) is 4.98 Å². The van der Waals surface area contributed by atoms with E-state index in [0.29, 0.717) is 10.4 Å². The number of phenolic OH excluding ortho intramolecular Hbond substituents is 1. The molecule has 0 bridgehead atoms. The van der Waals surface area contributed by atoms with Crippen molar-refractivity contribution in [3.8, 4) is 5.75 Å². The third-order valence-corrected chi connectivity index (χ3v) is 4.06. The summed E-state index contributed by atoms with van der Waals surface area (Å²) in [6.07, 6.45) is 1.27. The molecule has 0 aliphatic carbocycles. The van der Waals surface area contributed by atoms with E-state index in [0.717, 1.165) is 10.3 Å². The Kier molecular flexibility index (Phi) is 3.45. The Morgan fingerprint density at radius 3 is 2.71 bits per heavy atom. The maximum atomic E-state index is 11.2. The van der Waals surface area contributed by atoms with Gasteiger partial charge in [-0.15, -0.1) is 0 Å². The molecule has 6 heteroatoms. The smallest absolute Gasteiger partial charge is 0.302 e. The zero-order chi connectivity index (χ0) is 14.8. The Morgan fingerprint density at radius 1 is 1.14 bits per heavy atom. The summed E-state index contributed by atoms with van der Waals surface area (Å²) >= 11 is 1.24. The number of pyridine rings is 1. The highest BCUT2D eigenvalue weighted by molar-refractivity contribution is 7.99. The summed E-state index contributed by atoms with van der Waals surface area (Å²) in [4.78, 5) is 16.2. The van der Waals surface area contributed by atoms with Gasteiger partial charge in [0.05, 0.1) is 10.4 Å². The number of para-hydroxylation sites is 1. The lowest BCUT2D eigenvalue weighted by atomic mass is 10.2. The average molecular weight is 298 g/mol. The van der Waals surface area contributed by atoms with Gasteiger partial charge in [-0.2, -0.15) is 0 Å². The van der Waals surface area contributed by atoms with E-state index >= 15 is 0 Å². The number of aromatic hydroxyl groups is 1. The molecule has 1 N–H and O–H groups in total. The number of hydrogen-bond acceptors (Lipinski definition) is 5. The molecule has 2 aromatic carbocycles. The zero-order valence-electron chi connectivity index (χ0n) is 10.8. The van der Waals surface area contributed by atoms with E-state index in [-0.39, 0.29) is 11.4 Å². The SMILES string of the molecule is O=[N+]([O-])c1cnc2ccccc2c1Sc1cccc(O)c1. The molecule has 3 aromatic rings. The van der Waals surface area contributed by atoms with Gasteiger partial charge in [0.1, 0.15) is 16.8 Å². The third kappa shape index (κ3) is 2.66. The van der Waals surface area contributed by atoms with E-state index in [4.69, 9.17) is 0 Å². The number of hydrogen-bond donors (Lipinski definition) is 1.